The number of carbonyl (C=O) groups excluding carboxylic acids is 1. The number of hydrogen-bond donors (Lipinski definition) is 2. The zero-order chi connectivity index (χ0) is 15.2. The Morgan fingerprint density at radius 2 is 1.67 bits per heavy atom. The van der Waals surface area contributed by atoms with Gasteiger partial charge in [0.25, 0.3) is 5.91 Å². The largest absolute Gasteiger partial charge is 0.480 e. The van der Waals surface area contributed by atoms with Crippen LogP contribution in [0.4, 0.5) is 0 Å². The van der Waals surface area contributed by atoms with Gasteiger partial charge in [0.1, 0.15) is 5.75 Å². The van der Waals surface area contributed by atoms with Gasteiger partial charge in [0.2, 0.25) is 0 Å². The van der Waals surface area contributed by atoms with E-state index in [4.69, 9.17) is 10.6 Å². The molecule has 4 nitrogen and oxygen atoms in total. The molecule has 4 heteroatoms. The van der Waals surface area contributed by atoms with Gasteiger partial charge in [-0.25, -0.2) is 5.84 Å². The van der Waals surface area contributed by atoms with Crippen molar-refractivity contribution in [1.82, 2.24) is 5.43 Å². The quantitative estimate of drug-likeness (QED) is 0.504. The van der Waals surface area contributed by atoms with E-state index < -0.39 is 6.10 Å². The lowest BCUT2D eigenvalue weighted by Gasteiger charge is -2.22. The molecule has 0 aliphatic rings. The van der Waals surface area contributed by atoms with Gasteiger partial charge in [0.15, 0.2) is 6.10 Å². The third-order valence-corrected chi connectivity index (χ3v) is 3.23. The topological polar surface area (TPSA) is 64.3 Å². The Morgan fingerprint density at radius 1 is 1.05 bits per heavy atom. The molecule has 0 saturated carbocycles. The summed E-state index contributed by atoms with van der Waals surface area (Å²) in [7, 11) is 0. The SMILES string of the molecule is CC(C)C(Oc1ccccc1-c1ccccc1)C(=O)NN. The molecule has 110 valence electrons. The molecule has 2 aromatic rings. The number of para-hydroxylation sites is 1. The van der Waals surface area contributed by atoms with Crippen molar-refractivity contribution in [3.8, 4) is 16.9 Å². The Labute approximate surface area is 124 Å². The highest BCUT2D eigenvalue weighted by molar-refractivity contribution is 5.81. The maximum Gasteiger partial charge on any atom is 0.275 e. The Kier molecular flexibility index (Phi) is 4.95. The smallest absolute Gasteiger partial charge is 0.275 e. The second-order valence-corrected chi connectivity index (χ2v) is 5.15. The third kappa shape index (κ3) is 3.61. The van der Waals surface area contributed by atoms with Crippen molar-refractivity contribution in [2.24, 2.45) is 11.8 Å². The maximum atomic E-state index is 11.8. The van der Waals surface area contributed by atoms with Crippen molar-refractivity contribution in [3.63, 3.8) is 0 Å². The molecule has 1 unspecified atom stereocenters. The first-order valence-electron chi connectivity index (χ1n) is 6.95. The molecule has 0 aliphatic heterocycles. The number of hydrogen-bond acceptors (Lipinski definition) is 3. The standard InChI is InChI=1S/C17H20N2O2/c1-12(2)16(17(20)19-18)21-15-11-7-6-10-14(15)13-8-4-3-5-9-13/h3-12,16H,18H2,1-2H3,(H,19,20). The fraction of sp³-hybridized carbons (Fsp3) is 0.235. The van der Waals surface area contributed by atoms with Crippen LogP contribution in [0.25, 0.3) is 11.1 Å². The van der Waals surface area contributed by atoms with E-state index in [-0.39, 0.29) is 11.8 Å². The van der Waals surface area contributed by atoms with E-state index in [2.05, 4.69) is 5.43 Å². The van der Waals surface area contributed by atoms with E-state index in [9.17, 15) is 4.79 Å². The Morgan fingerprint density at radius 3 is 2.29 bits per heavy atom. The number of hydrazine groups is 1. The van der Waals surface area contributed by atoms with Crippen molar-refractivity contribution >= 4 is 5.91 Å². The average molecular weight is 284 g/mol. The minimum Gasteiger partial charge on any atom is -0.480 e. The summed E-state index contributed by atoms with van der Waals surface area (Å²) in [6.45, 7) is 3.84. The summed E-state index contributed by atoms with van der Waals surface area (Å²) in [6.07, 6.45) is -0.625. The van der Waals surface area contributed by atoms with E-state index in [0.717, 1.165) is 11.1 Å². The Hall–Kier alpha value is -2.33. The van der Waals surface area contributed by atoms with E-state index >= 15 is 0 Å². The highest BCUT2D eigenvalue weighted by atomic mass is 16.5. The number of benzene rings is 2. The van der Waals surface area contributed by atoms with Gasteiger partial charge >= 0.3 is 0 Å². The van der Waals surface area contributed by atoms with Gasteiger partial charge in [-0.2, -0.15) is 0 Å². The molecule has 2 aromatic carbocycles. The van der Waals surface area contributed by atoms with Crippen molar-refractivity contribution in [3.05, 3.63) is 54.6 Å². The molecule has 0 heterocycles. The number of ether oxygens (including phenoxy) is 1. The lowest BCUT2D eigenvalue weighted by molar-refractivity contribution is -0.129. The minimum absolute atomic E-state index is 0.0115. The number of rotatable bonds is 5. The van der Waals surface area contributed by atoms with E-state index in [1.54, 1.807) is 0 Å². The molecule has 0 saturated heterocycles. The van der Waals surface area contributed by atoms with E-state index in [0.29, 0.717) is 5.75 Å². The van der Waals surface area contributed by atoms with Crippen molar-refractivity contribution < 1.29 is 9.53 Å². The third-order valence-electron chi connectivity index (χ3n) is 3.23. The molecule has 0 aliphatic carbocycles. The van der Waals surface area contributed by atoms with Crippen LogP contribution >= 0.6 is 0 Å². The summed E-state index contributed by atoms with van der Waals surface area (Å²) < 4.78 is 5.92. The van der Waals surface area contributed by atoms with Crippen molar-refractivity contribution in [2.75, 3.05) is 0 Å². The highest BCUT2D eigenvalue weighted by Gasteiger charge is 2.24. The van der Waals surface area contributed by atoms with Crippen LogP contribution in [-0.2, 0) is 4.79 Å². The minimum atomic E-state index is -0.625. The fourth-order valence-corrected chi connectivity index (χ4v) is 2.14. The van der Waals surface area contributed by atoms with Crippen LogP contribution in [0.3, 0.4) is 0 Å². The zero-order valence-electron chi connectivity index (χ0n) is 12.2. The van der Waals surface area contributed by atoms with Crippen LogP contribution in [0, 0.1) is 5.92 Å². The predicted molar refractivity (Wildman–Crippen MR) is 83.5 cm³/mol. The second kappa shape index (κ2) is 6.90. The summed E-state index contributed by atoms with van der Waals surface area (Å²) in [5.41, 5.74) is 4.16. The van der Waals surface area contributed by atoms with E-state index in [1.165, 1.54) is 0 Å². The molecule has 0 fully saturated rings. The number of carbonyl (C=O) groups is 1. The Balaban J connectivity index is 2.34. The lowest BCUT2D eigenvalue weighted by atomic mass is 10.0. The van der Waals surface area contributed by atoms with Gasteiger partial charge in [0, 0.05) is 5.56 Å². The average Bonchev–Trinajstić information content (AvgIpc) is 2.52. The molecular weight excluding hydrogens is 264 g/mol. The van der Waals surface area contributed by atoms with Gasteiger partial charge in [-0.05, 0) is 17.5 Å². The fourth-order valence-electron chi connectivity index (χ4n) is 2.14. The van der Waals surface area contributed by atoms with Gasteiger partial charge in [-0.15, -0.1) is 0 Å². The van der Waals surface area contributed by atoms with Gasteiger partial charge < -0.3 is 4.74 Å². The summed E-state index contributed by atoms with van der Waals surface area (Å²) >= 11 is 0. The normalized spacial score (nSPS) is 12.0. The molecular formula is C17H20N2O2. The van der Waals surface area contributed by atoms with Crippen LogP contribution in [0.1, 0.15) is 13.8 Å². The lowest BCUT2D eigenvalue weighted by Crippen LogP contribution is -2.44. The summed E-state index contributed by atoms with van der Waals surface area (Å²) in [6, 6.07) is 17.6. The van der Waals surface area contributed by atoms with Crippen molar-refractivity contribution in [2.45, 2.75) is 20.0 Å². The molecule has 21 heavy (non-hydrogen) atoms. The summed E-state index contributed by atoms with van der Waals surface area (Å²) in [4.78, 5) is 11.8. The van der Waals surface area contributed by atoms with E-state index in [1.807, 2.05) is 68.4 Å². The molecule has 1 amide bonds. The van der Waals surface area contributed by atoms with Gasteiger partial charge in [-0.1, -0.05) is 62.4 Å². The van der Waals surface area contributed by atoms with Gasteiger partial charge in [-0.3, -0.25) is 10.2 Å². The Bertz CT molecular complexity index is 597. The summed E-state index contributed by atoms with van der Waals surface area (Å²) in [5.74, 6) is 5.59. The number of nitrogens with two attached hydrogens (primary N) is 1. The zero-order valence-corrected chi connectivity index (χ0v) is 12.2. The maximum absolute atomic E-state index is 11.8. The van der Waals surface area contributed by atoms with Crippen molar-refractivity contribution in [1.29, 1.82) is 0 Å². The molecule has 3 N–H and O–H groups in total. The first-order valence-corrected chi connectivity index (χ1v) is 6.95. The van der Waals surface area contributed by atoms with Gasteiger partial charge in [0.05, 0.1) is 0 Å². The first kappa shape index (κ1) is 15.1. The summed E-state index contributed by atoms with van der Waals surface area (Å²) in [5, 5.41) is 0. The first-order chi connectivity index (χ1) is 10.1. The molecule has 0 aromatic heterocycles. The highest BCUT2D eigenvalue weighted by Crippen LogP contribution is 2.31. The predicted octanol–water partition coefficient (Wildman–Crippen LogP) is 2.75. The molecule has 0 bridgehead atoms. The molecule has 0 radical (unpaired) electrons. The second-order valence-electron chi connectivity index (χ2n) is 5.15. The van der Waals surface area contributed by atoms with Crippen LogP contribution in [0.15, 0.2) is 54.6 Å². The monoisotopic (exact) mass is 284 g/mol. The van der Waals surface area contributed by atoms with Crippen LogP contribution < -0.4 is 16.0 Å². The van der Waals surface area contributed by atoms with Crippen LogP contribution in [0.2, 0.25) is 0 Å². The number of nitrogens with one attached hydrogen (secondary N) is 1. The molecule has 0 spiro atoms. The molecule has 1 atom stereocenters. The van der Waals surface area contributed by atoms with Crippen LogP contribution in [-0.4, -0.2) is 12.0 Å². The van der Waals surface area contributed by atoms with Crippen LogP contribution in [0.5, 0.6) is 5.75 Å². The molecule has 2 rings (SSSR count). The number of amides is 1.